The Morgan fingerprint density at radius 1 is 0.581 bits per heavy atom. The number of thiophene rings is 2. The van der Waals surface area contributed by atoms with Crippen LogP contribution in [0.4, 0.5) is 48.0 Å². The van der Waals surface area contributed by atoms with Gasteiger partial charge in [0.05, 0.1) is 42.9 Å². The Balaban J connectivity index is 0.000000161. The average molecular weight is 867 g/mol. The van der Waals surface area contributed by atoms with Gasteiger partial charge in [0.1, 0.15) is 0 Å². The summed E-state index contributed by atoms with van der Waals surface area (Å²) >= 11 is 2.84. The van der Waals surface area contributed by atoms with Crippen molar-refractivity contribution >= 4 is 83.5 Å². The number of hydrogen-bond acceptors (Lipinski definition) is 14. The van der Waals surface area contributed by atoms with Crippen molar-refractivity contribution in [3.63, 3.8) is 0 Å². The summed E-state index contributed by atoms with van der Waals surface area (Å²) < 4.78 is 48.7. The first-order chi connectivity index (χ1) is 30.1. The summed E-state index contributed by atoms with van der Waals surface area (Å²) in [5.74, 6) is -1.65. The van der Waals surface area contributed by atoms with Gasteiger partial charge in [-0.25, -0.2) is 0 Å². The largest absolute Gasteiger partial charge is 0.471 e. The van der Waals surface area contributed by atoms with E-state index >= 15 is 0 Å². The number of fused-ring (bicyclic) bond motifs is 2. The molecule has 10 aromatic rings. The molecule has 0 spiro atoms. The van der Waals surface area contributed by atoms with Gasteiger partial charge >= 0.3 is 24.1 Å². The molecule has 18 heteroatoms. The lowest BCUT2D eigenvalue weighted by Crippen LogP contribution is -2.30. The Morgan fingerprint density at radius 3 is 1.48 bits per heavy atom. The molecule has 0 unspecified atom stereocenters. The molecule has 4 aromatic carbocycles. The van der Waals surface area contributed by atoms with E-state index < -0.39 is 18.1 Å². The molecule has 0 saturated carbocycles. The van der Waals surface area contributed by atoms with E-state index in [0.717, 1.165) is 58.9 Å². The van der Waals surface area contributed by atoms with E-state index in [-0.39, 0.29) is 11.8 Å². The third-order valence-corrected chi connectivity index (χ3v) is 11.4. The Labute approximate surface area is 357 Å². The number of halogens is 3. The highest BCUT2D eigenvalue weighted by Crippen LogP contribution is 2.38. The molecule has 62 heavy (non-hydrogen) atoms. The molecule has 10 rings (SSSR count). The lowest BCUT2D eigenvalue weighted by Gasteiger charge is -2.08. The molecule has 6 heterocycles. The van der Waals surface area contributed by atoms with Crippen molar-refractivity contribution in [2.75, 3.05) is 21.7 Å². The van der Waals surface area contributed by atoms with Crippen molar-refractivity contribution in [2.24, 2.45) is 0 Å². The number of alkyl halides is 3. The lowest BCUT2D eigenvalue weighted by atomic mass is 10.1. The van der Waals surface area contributed by atoms with Gasteiger partial charge in [0.25, 0.3) is 0 Å². The molecule has 0 fully saturated rings. The number of nitrogens with one attached hydrogen (secondary N) is 3. The second-order valence-electron chi connectivity index (χ2n) is 13.4. The number of carbonyl (C=O) groups is 1. The van der Waals surface area contributed by atoms with Crippen LogP contribution in [0.3, 0.4) is 0 Å². The highest BCUT2D eigenvalue weighted by molar-refractivity contribution is 7.22. The molecule has 0 saturated heterocycles. The summed E-state index contributed by atoms with van der Waals surface area (Å²) in [6.07, 6.45) is 1.93. The number of benzene rings is 4. The zero-order chi connectivity index (χ0) is 42.6. The van der Waals surface area contributed by atoms with Crippen LogP contribution in [-0.2, 0) is 4.79 Å². The van der Waals surface area contributed by atoms with Gasteiger partial charge in [0, 0.05) is 34.5 Å². The van der Waals surface area contributed by atoms with Gasteiger partial charge in [-0.1, -0.05) is 95.2 Å². The molecule has 0 radical (unpaired) electrons. The summed E-state index contributed by atoms with van der Waals surface area (Å²) in [4.78, 5) is 29.0. The van der Waals surface area contributed by atoms with E-state index in [1.54, 1.807) is 35.1 Å². The van der Waals surface area contributed by atoms with E-state index in [0.29, 0.717) is 10.7 Å². The Kier molecular flexibility index (Phi) is 10.8. The van der Waals surface area contributed by atoms with Gasteiger partial charge in [0.15, 0.2) is 0 Å². The predicted molar refractivity (Wildman–Crippen MR) is 235 cm³/mol. The average Bonchev–Trinajstić information content (AvgIpc) is 4.12. The number of pyridine rings is 2. The SMILES string of the molecule is Nc1nc(-c2cc3c(Nc4ccc(-c5ccccc5)cc4)cncc3s2)no1.O=C(Nc1nc(-c2cc3c(Nc4ccc(-c5ccccc5)cc4)cncc3s2)no1)C(F)(F)F. The molecule has 0 aliphatic rings. The van der Waals surface area contributed by atoms with Gasteiger partial charge in [-0.3, -0.25) is 20.1 Å². The fourth-order valence-electron chi connectivity index (χ4n) is 6.28. The van der Waals surface area contributed by atoms with Crippen LogP contribution in [0.15, 0.2) is 155 Å². The van der Waals surface area contributed by atoms with Crippen molar-refractivity contribution < 1.29 is 27.0 Å². The smallest absolute Gasteiger partial charge is 0.354 e. The zero-order valence-electron chi connectivity index (χ0n) is 31.8. The van der Waals surface area contributed by atoms with E-state index in [2.05, 4.69) is 77.3 Å². The summed E-state index contributed by atoms with van der Waals surface area (Å²) in [7, 11) is 0. The summed E-state index contributed by atoms with van der Waals surface area (Å²) in [6.45, 7) is 0. The molecule has 0 aliphatic heterocycles. The van der Waals surface area contributed by atoms with Crippen LogP contribution in [0, 0.1) is 0 Å². The van der Waals surface area contributed by atoms with E-state index in [1.807, 2.05) is 91.3 Å². The molecule has 0 aliphatic carbocycles. The van der Waals surface area contributed by atoms with Crippen molar-refractivity contribution in [1.82, 2.24) is 30.2 Å². The number of carbonyl (C=O) groups excluding carboxylic acids is 1. The van der Waals surface area contributed by atoms with Crippen LogP contribution in [0.2, 0.25) is 0 Å². The standard InChI is InChI=1S/C23H14F3N5O2S.C21H15N5OS/c24-23(25,26)21(32)30-22-29-20(31-33-22)18-10-16-17(11-27-12-19(16)34-18)28-15-8-6-14(7-9-15)13-4-2-1-3-5-13;22-21-25-20(26-27-21)18-10-16-17(11-23-12-19(16)28-18)24-15-8-6-14(7-9-15)13-4-2-1-3-5-13/h1-12,28H,(H,29,30,31,32);1-12,24H,(H2,22,25,26). The lowest BCUT2D eigenvalue weighted by molar-refractivity contribution is -0.167. The van der Waals surface area contributed by atoms with Gasteiger partial charge in [-0.2, -0.15) is 23.1 Å². The topological polar surface area (TPSA) is 183 Å². The first-order valence-electron chi connectivity index (χ1n) is 18.5. The Bertz CT molecular complexity index is 3140. The van der Waals surface area contributed by atoms with E-state index in [1.165, 1.54) is 22.5 Å². The normalized spacial score (nSPS) is 11.3. The third kappa shape index (κ3) is 8.81. The number of hydrogen-bond donors (Lipinski definition) is 4. The van der Waals surface area contributed by atoms with Crippen molar-refractivity contribution in [2.45, 2.75) is 6.18 Å². The zero-order valence-corrected chi connectivity index (χ0v) is 33.4. The first kappa shape index (κ1) is 39.5. The van der Waals surface area contributed by atoms with Gasteiger partial charge in [-0.15, -0.1) is 22.7 Å². The maximum Gasteiger partial charge on any atom is 0.471 e. The van der Waals surface area contributed by atoms with E-state index in [4.69, 9.17) is 14.8 Å². The number of amides is 1. The van der Waals surface area contributed by atoms with Crippen LogP contribution in [0.1, 0.15) is 0 Å². The van der Waals surface area contributed by atoms with Crippen LogP contribution >= 0.6 is 22.7 Å². The predicted octanol–water partition coefficient (Wildman–Crippen LogP) is 11.6. The molecular formula is C44H29F3N10O3S2. The highest BCUT2D eigenvalue weighted by atomic mass is 32.1. The number of anilines is 6. The second-order valence-corrected chi connectivity index (χ2v) is 15.6. The molecule has 0 atom stereocenters. The van der Waals surface area contributed by atoms with Crippen LogP contribution in [-0.4, -0.2) is 42.3 Å². The Hall–Kier alpha value is -7.96. The van der Waals surface area contributed by atoms with Gasteiger partial charge in [0.2, 0.25) is 11.6 Å². The molecule has 0 bridgehead atoms. The Morgan fingerprint density at radius 2 is 1.03 bits per heavy atom. The summed E-state index contributed by atoms with van der Waals surface area (Å²) in [6, 6.07) is 39.8. The maximum atomic E-state index is 12.4. The minimum absolute atomic E-state index is 0.0526. The monoisotopic (exact) mass is 866 g/mol. The fourth-order valence-corrected chi connectivity index (χ4v) is 8.24. The highest BCUT2D eigenvalue weighted by Gasteiger charge is 2.39. The summed E-state index contributed by atoms with van der Waals surface area (Å²) in [5.41, 5.74) is 13.6. The quantitative estimate of drug-likeness (QED) is 0.108. The molecule has 5 N–H and O–H groups in total. The van der Waals surface area contributed by atoms with Crippen molar-refractivity contribution in [1.29, 1.82) is 0 Å². The molecule has 1 amide bonds. The second kappa shape index (κ2) is 17.0. The number of nitrogen functional groups attached to an aromatic ring is 1. The number of rotatable bonds is 9. The third-order valence-electron chi connectivity index (χ3n) is 9.22. The van der Waals surface area contributed by atoms with Crippen molar-refractivity contribution in [3.05, 3.63) is 146 Å². The number of nitrogens with zero attached hydrogens (tertiary/aromatic N) is 6. The molecule has 13 nitrogen and oxygen atoms in total. The van der Waals surface area contributed by atoms with Crippen LogP contribution in [0.5, 0.6) is 0 Å². The van der Waals surface area contributed by atoms with E-state index in [9.17, 15) is 18.0 Å². The van der Waals surface area contributed by atoms with Gasteiger partial charge < -0.3 is 25.4 Å². The molecule has 306 valence electrons. The van der Waals surface area contributed by atoms with Crippen LogP contribution in [0.25, 0.3) is 63.8 Å². The first-order valence-corrected chi connectivity index (χ1v) is 20.2. The van der Waals surface area contributed by atoms with Crippen LogP contribution < -0.4 is 21.7 Å². The fraction of sp³-hybridized carbons (Fsp3) is 0.0227. The van der Waals surface area contributed by atoms with Gasteiger partial charge in [-0.05, 0) is 58.7 Å². The minimum Gasteiger partial charge on any atom is -0.354 e. The summed E-state index contributed by atoms with van der Waals surface area (Å²) in [5, 5.41) is 17.8. The molecular weight excluding hydrogens is 838 g/mol. The number of aromatic nitrogens is 6. The number of nitrogens with two attached hydrogens (primary N) is 1. The van der Waals surface area contributed by atoms with Crippen molar-refractivity contribution in [3.8, 4) is 43.7 Å². The molecule has 6 aromatic heterocycles. The maximum absolute atomic E-state index is 12.4. The minimum atomic E-state index is -5.06.